The Balaban J connectivity index is 2.34. The first-order chi connectivity index (χ1) is 7.88. The molecule has 0 aliphatic rings. The second-order valence-corrected chi connectivity index (χ2v) is 5.04. The van der Waals surface area contributed by atoms with Gasteiger partial charge in [0.2, 0.25) is 0 Å². The van der Waals surface area contributed by atoms with Crippen molar-refractivity contribution in [3.8, 4) is 0 Å². The number of imidazole rings is 1. The number of carboxylic acids is 1. The smallest absolute Gasteiger partial charge is 0.309 e. The highest BCUT2D eigenvalue weighted by atomic mass is 16.4. The van der Waals surface area contributed by atoms with Crippen molar-refractivity contribution in [2.75, 3.05) is 0 Å². The summed E-state index contributed by atoms with van der Waals surface area (Å²) >= 11 is 0. The Labute approximate surface area is 99.7 Å². The van der Waals surface area contributed by atoms with Crippen molar-refractivity contribution in [2.45, 2.75) is 27.2 Å². The van der Waals surface area contributed by atoms with Crippen molar-refractivity contribution >= 4 is 17.0 Å². The average molecular weight is 232 g/mol. The van der Waals surface area contributed by atoms with Crippen molar-refractivity contribution in [1.82, 2.24) is 9.97 Å². The summed E-state index contributed by atoms with van der Waals surface area (Å²) in [4.78, 5) is 18.5. The Morgan fingerprint density at radius 1 is 1.47 bits per heavy atom. The lowest BCUT2D eigenvalue weighted by Gasteiger charge is -2.18. The van der Waals surface area contributed by atoms with Crippen LogP contribution < -0.4 is 0 Å². The normalized spacial score (nSPS) is 11.9. The standard InChI is InChI=1S/C13H16N2O2/c1-8-14-10-5-4-9(6-11(10)15-8)7-13(2,3)12(16)17/h4-6H,7H2,1-3H3,(H,14,15)(H,16,17). The van der Waals surface area contributed by atoms with Crippen LogP contribution >= 0.6 is 0 Å². The number of carboxylic acid groups (broad SMARTS) is 1. The molecule has 2 rings (SSSR count). The highest BCUT2D eigenvalue weighted by molar-refractivity contribution is 5.77. The number of hydrogen-bond donors (Lipinski definition) is 2. The van der Waals surface area contributed by atoms with Crippen LogP contribution in [-0.2, 0) is 11.2 Å². The van der Waals surface area contributed by atoms with Crippen LogP contribution in [0, 0.1) is 12.3 Å². The number of aliphatic carboxylic acids is 1. The van der Waals surface area contributed by atoms with Gasteiger partial charge in [-0.2, -0.15) is 0 Å². The van der Waals surface area contributed by atoms with Gasteiger partial charge in [-0.15, -0.1) is 0 Å². The van der Waals surface area contributed by atoms with Crippen LogP contribution in [0.5, 0.6) is 0 Å². The predicted molar refractivity (Wildman–Crippen MR) is 66.0 cm³/mol. The van der Waals surface area contributed by atoms with Crippen LogP contribution in [0.3, 0.4) is 0 Å². The van der Waals surface area contributed by atoms with Crippen LogP contribution in [0.1, 0.15) is 25.2 Å². The van der Waals surface area contributed by atoms with Gasteiger partial charge in [0.25, 0.3) is 0 Å². The summed E-state index contributed by atoms with van der Waals surface area (Å²) in [7, 11) is 0. The number of nitrogens with one attached hydrogen (secondary N) is 1. The fourth-order valence-electron chi connectivity index (χ4n) is 1.88. The molecule has 0 aliphatic heterocycles. The summed E-state index contributed by atoms with van der Waals surface area (Å²) in [6.45, 7) is 5.37. The molecule has 1 heterocycles. The predicted octanol–water partition coefficient (Wildman–Crippen LogP) is 2.52. The molecule has 0 atom stereocenters. The van der Waals surface area contributed by atoms with E-state index < -0.39 is 11.4 Å². The van der Waals surface area contributed by atoms with Crippen LogP contribution in [0.25, 0.3) is 11.0 Å². The van der Waals surface area contributed by atoms with Crippen LogP contribution in [-0.4, -0.2) is 21.0 Å². The molecule has 17 heavy (non-hydrogen) atoms. The maximum atomic E-state index is 11.1. The molecule has 1 aromatic heterocycles. The SMILES string of the molecule is Cc1nc2ccc(CC(C)(C)C(=O)O)cc2[nH]1. The number of aryl methyl sites for hydroxylation is 1. The van der Waals surface area contributed by atoms with E-state index in [1.54, 1.807) is 13.8 Å². The van der Waals surface area contributed by atoms with Crippen LogP contribution in [0.15, 0.2) is 18.2 Å². The summed E-state index contributed by atoms with van der Waals surface area (Å²) < 4.78 is 0. The van der Waals surface area contributed by atoms with E-state index in [0.29, 0.717) is 6.42 Å². The summed E-state index contributed by atoms with van der Waals surface area (Å²) in [6, 6.07) is 5.83. The quantitative estimate of drug-likeness (QED) is 0.854. The second kappa shape index (κ2) is 3.87. The Kier molecular flexibility index (Phi) is 2.65. The van der Waals surface area contributed by atoms with Gasteiger partial charge in [-0.3, -0.25) is 4.79 Å². The summed E-state index contributed by atoms with van der Waals surface area (Å²) in [5, 5.41) is 9.10. The van der Waals surface area contributed by atoms with E-state index >= 15 is 0 Å². The number of aromatic nitrogens is 2. The molecule has 0 saturated carbocycles. The third-order valence-electron chi connectivity index (χ3n) is 2.89. The van der Waals surface area contributed by atoms with E-state index in [0.717, 1.165) is 22.4 Å². The maximum Gasteiger partial charge on any atom is 0.309 e. The fraction of sp³-hybridized carbons (Fsp3) is 0.385. The zero-order chi connectivity index (χ0) is 12.6. The van der Waals surface area contributed by atoms with Gasteiger partial charge >= 0.3 is 5.97 Å². The Morgan fingerprint density at radius 2 is 2.18 bits per heavy atom. The summed E-state index contributed by atoms with van der Waals surface area (Å²) in [5.74, 6) is 0.0908. The molecular formula is C13H16N2O2. The zero-order valence-corrected chi connectivity index (χ0v) is 10.2. The first-order valence-electron chi connectivity index (χ1n) is 5.57. The topological polar surface area (TPSA) is 66.0 Å². The third-order valence-corrected chi connectivity index (χ3v) is 2.89. The van der Waals surface area contributed by atoms with E-state index in [9.17, 15) is 4.79 Å². The highest BCUT2D eigenvalue weighted by Gasteiger charge is 2.27. The largest absolute Gasteiger partial charge is 0.481 e. The Hall–Kier alpha value is -1.84. The van der Waals surface area contributed by atoms with Gasteiger partial charge in [0.15, 0.2) is 0 Å². The number of nitrogens with zero attached hydrogens (tertiary/aromatic N) is 1. The van der Waals surface area contributed by atoms with Crippen molar-refractivity contribution in [3.63, 3.8) is 0 Å². The van der Waals surface area contributed by atoms with Crippen molar-refractivity contribution in [3.05, 3.63) is 29.6 Å². The van der Waals surface area contributed by atoms with Crippen LogP contribution in [0.4, 0.5) is 0 Å². The van der Waals surface area contributed by atoms with Gasteiger partial charge < -0.3 is 10.1 Å². The molecular weight excluding hydrogens is 216 g/mol. The summed E-state index contributed by atoms with van der Waals surface area (Å²) in [5.41, 5.74) is 2.14. The molecule has 0 unspecified atom stereocenters. The van der Waals surface area contributed by atoms with E-state index in [2.05, 4.69) is 9.97 Å². The molecule has 2 N–H and O–H groups in total. The third kappa shape index (κ3) is 2.30. The lowest BCUT2D eigenvalue weighted by atomic mass is 9.86. The second-order valence-electron chi connectivity index (χ2n) is 5.04. The number of benzene rings is 1. The van der Waals surface area contributed by atoms with E-state index in [-0.39, 0.29) is 0 Å². The van der Waals surface area contributed by atoms with Gasteiger partial charge in [0.05, 0.1) is 16.4 Å². The lowest BCUT2D eigenvalue weighted by molar-refractivity contribution is -0.146. The van der Waals surface area contributed by atoms with Crippen molar-refractivity contribution in [2.24, 2.45) is 5.41 Å². The molecule has 1 aromatic carbocycles. The highest BCUT2D eigenvalue weighted by Crippen LogP contribution is 2.24. The average Bonchev–Trinajstić information content (AvgIpc) is 2.56. The number of fused-ring (bicyclic) bond motifs is 1. The van der Waals surface area contributed by atoms with Crippen LogP contribution in [0.2, 0.25) is 0 Å². The summed E-state index contributed by atoms with van der Waals surface area (Å²) in [6.07, 6.45) is 0.510. The molecule has 0 aliphatic carbocycles. The van der Waals surface area contributed by atoms with Gasteiger partial charge in [0, 0.05) is 0 Å². The number of carbonyl (C=O) groups is 1. The Morgan fingerprint density at radius 3 is 2.82 bits per heavy atom. The fourth-order valence-corrected chi connectivity index (χ4v) is 1.88. The molecule has 4 nitrogen and oxygen atoms in total. The molecule has 0 spiro atoms. The molecule has 0 radical (unpaired) electrons. The minimum Gasteiger partial charge on any atom is -0.481 e. The Bertz CT molecular complexity index is 570. The number of rotatable bonds is 3. The van der Waals surface area contributed by atoms with Crippen molar-refractivity contribution < 1.29 is 9.90 Å². The van der Waals surface area contributed by atoms with E-state index in [1.807, 2.05) is 25.1 Å². The van der Waals surface area contributed by atoms with Gasteiger partial charge in [0.1, 0.15) is 5.82 Å². The molecule has 90 valence electrons. The maximum absolute atomic E-state index is 11.1. The molecule has 0 saturated heterocycles. The monoisotopic (exact) mass is 232 g/mol. The first-order valence-corrected chi connectivity index (χ1v) is 5.57. The minimum atomic E-state index is -0.779. The molecule has 2 aromatic rings. The van der Waals surface area contributed by atoms with E-state index in [1.165, 1.54) is 0 Å². The molecule has 0 fully saturated rings. The van der Waals surface area contributed by atoms with Crippen molar-refractivity contribution in [1.29, 1.82) is 0 Å². The minimum absolute atomic E-state index is 0.510. The van der Waals surface area contributed by atoms with Gasteiger partial charge in [-0.1, -0.05) is 6.07 Å². The number of hydrogen-bond acceptors (Lipinski definition) is 2. The first kappa shape index (κ1) is 11.6. The molecule has 0 amide bonds. The molecule has 0 bridgehead atoms. The van der Waals surface area contributed by atoms with Gasteiger partial charge in [-0.05, 0) is 44.9 Å². The van der Waals surface area contributed by atoms with E-state index in [4.69, 9.17) is 5.11 Å². The van der Waals surface area contributed by atoms with Gasteiger partial charge in [-0.25, -0.2) is 4.98 Å². The molecule has 4 heteroatoms. The number of H-pyrrole nitrogens is 1. The zero-order valence-electron chi connectivity index (χ0n) is 10.2. The lowest BCUT2D eigenvalue weighted by Crippen LogP contribution is -2.26. The number of aromatic amines is 1.